The lowest BCUT2D eigenvalue weighted by molar-refractivity contribution is -0.104. The fourth-order valence-electron chi connectivity index (χ4n) is 1.58. The minimum Gasteiger partial charge on any atom is -0.388 e. The van der Waals surface area contributed by atoms with Gasteiger partial charge < -0.3 is 19.3 Å². The summed E-state index contributed by atoms with van der Waals surface area (Å²) in [6.45, 7) is 5.57. The first-order valence-corrected chi connectivity index (χ1v) is 5.24. The van der Waals surface area contributed by atoms with E-state index in [4.69, 9.17) is 22.1 Å². The second-order valence-electron chi connectivity index (χ2n) is 4.04. The molecular formula is C10H19BO4. The van der Waals surface area contributed by atoms with E-state index in [1.807, 2.05) is 13.8 Å². The van der Waals surface area contributed by atoms with Gasteiger partial charge >= 0.3 is 0 Å². The molecule has 1 saturated heterocycles. The van der Waals surface area contributed by atoms with Gasteiger partial charge in [0.2, 0.25) is 0 Å². The highest BCUT2D eigenvalue weighted by atomic mass is 16.6. The van der Waals surface area contributed by atoms with Gasteiger partial charge in [-0.1, -0.05) is 0 Å². The monoisotopic (exact) mass is 214 g/mol. The number of ether oxygens (including phenoxy) is 3. The molecule has 2 unspecified atom stereocenters. The van der Waals surface area contributed by atoms with E-state index < -0.39 is 18.2 Å². The quantitative estimate of drug-likeness (QED) is 0.672. The molecule has 5 heteroatoms. The van der Waals surface area contributed by atoms with E-state index in [0.717, 1.165) is 0 Å². The van der Waals surface area contributed by atoms with Crippen molar-refractivity contribution >= 4 is 7.85 Å². The maximum absolute atomic E-state index is 9.76. The van der Waals surface area contributed by atoms with Crippen LogP contribution in [0.3, 0.4) is 0 Å². The Morgan fingerprint density at radius 1 is 1.33 bits per heavy atom. The smallest absolute Gasteiger partial charge is 0.112 e. The lowest BCUT2D eigenvalue weighted by atomic mass is 9.92. The SMILES string of the molecule is [B][C@@H]1O[C@H](C)C(O)C1O[C@@H](C)[C@H](C)OC. The summed E-state index contributed by atoms with van der Waals surface area (Å²) in [4.78, 5) is 0. The van der Waals surface area contributed by atoms with E-state index in [9.17, 15) is 5.11 Å². The van der Waals surface area contributed by atoms with Crippen molar-refractivity contribution in [3.8, 4) is 0 Å². The average molecular weight is 214 g/mol. The molecule has 0 bridgehead atoms. The molecule has 1 aliphatic heterocycles. The van der Waals surface area contributed by atoms with Crippen LogP contribution in [0.1, 0.15) is 20.8 Å². The predicted molar refractivity (Wildman–Crippen MR) is 56.9 cm³/mol. The zero-order valence-electron chi connectivity index (χ0n) is 9.71. The van der Waals surface area contributed by atoms with Crippen molar-refractivity contribution in [3.63, 3.8) is 0 Å². The van der Waals surface area contributed by atoms with Gasteiger partial charge in [-0.15, -0.1) is 0 Å². The predicted octanol–water partition coefficient (Wildman–Crippen LogP) is 0.0692. The van der Waals surface area contributed by atoms with Crippen molar-refractivity contribution < 1.29 is 19.3 Å². The second-order valence-corrected chi connectivity index (χ2v) is 4.04. The molecule has 0 saturated carbocycles. The van der Waals surface area contributed by atoms with Gasteiger partial charge in [0.15, 0.2) is 0 Å². The largest absolute Gasteiger partial charge is 0.388 e. The number of hydrogen-bond acceptors (Lipinski definition) is 4. The molecule has 0 spiro atoms. The van der Waals surface area contributed by atoms with E-state index in [2.05, 4.69) is 0 Å². The Balaban J connectivity index is 2.50. The Bertz CT molecular complexity index is 202. The van der Waals surface area contributed by atoms with Crippen molar-refractivity contribution in [1.82, 2.24) is 0 Å². The fourth-order valence-corrected chi connectivity index (χ4v) is 1.58. The van der Waals surface area contributed by atoms with Crippen molar-refractivity contribution in [1.29, 1.82) is 0 Å². The summed E-state index contributed by atoms with van der Waals surface area (Å²) in [6.07, 6.45) is -1.61. The molecule has 0 amide bonds. The number of methoxy groups -OCH3 is 1. The second kappa shape index (κ2) is 5.30. The Labute approximate surface area is 92.3 Å². The fraction of sp³-hybridized carbons (Fsp3) is 1.00. The zero-order chi connectivity index (χ0) is 11.6. The molecule has 15 heavy (non-hydrogen) atoms. The normalized spacial score (nSPS) is 40.3. The van der Waals surface area contributed by atoms with Gasteiger partial charge in [-0.25, -0.2) is 0 Å². The van der Waals surface area contributed by atoms with E-state index >= 15 is 0 Å². The molecule has 0 aromatic rings. The summed E-state index contributed by atoms with van der Waals surface area (Å²) >= 11 is 0. The van der Waals surface area contributed by atoms with Gasteiger partial charge in [0, 0.05) is 13.1 Å². The first-order chi connectivity index (χ1) is 6.97. The van der Waals surface area contributed by atoms with Crippen LogP contribution in [0.4, 0.5) is 0 Å². The van der Waals surface area contributed by atoms with E-state index in [1.165, 1.54) is 0 Å². The molecule has 1 aliphatic rings. The number of aliphatic hydroxyl groups excluding tert-OH is 1. The van der Waals surface area contributed by atoms with Gasteiger partial charge in [0.25, 0.3) is 0 Å². The Morgan fingerprint density at radius 2 is 1.93 bits per heavy atom. The van der Waals surface area contributed by atoms with Crippen LogP contribution < -0.4 is 0 Å². The lowest BCUT2D eigenvalue weighted by Crippen LogP contribution is -2.40. The minimum atomic E-state index is -0.675. The van der Waals surface area contributed by atoms with Crippen LogP contribution in [-0.2, 0) is 14.2 Å². The van der Waals surface area contributed by atoms with Crippen molar-refractivity contribution in [2.75, 3.05) is 7.11 Å². The molecule has 86 valence electrons. The van der Waals surface area contributed by atoms with E-state index in [1.54, 1.807) is 14.0 Å². The molecule has 1 fully saturated rings. The minimum absolute atomic E-state index is 0.0414. The van der Waals surface area contributed by atoms with Crippen LogP contribution in [0.2, 0.25) is 0 Å². The molecule has 1 heterocycles. The lowest BCUT2D eigenvalue weighted by Gasteiger charge is -2.26. The Morgan fingerprint density at radius 3 is 2.33 bits per heavy atom. The van der Waals surface area contributed by atoms with Crippen LogP contribution in [0.25, 0.3) is 0 Å². The first kappa shape index (κ1) is 13.0. The highest BCUT2D eigenvalue weighted by molar-refractivity contribution is 6.11. The van der Waals surface area contributed by atoms with Crippen LogP contribution in [-0.4, -0.2) is 56.6 Å². The third-order valence-corrected chi connectivity index (χ3v) is 2.92. The zero-order valence-corrected chi connectivity index (χ0v) is 9.71. The van der Waals surface area contributed by atoms with Gasteiger partial charge in [0.05, 0.1) is 18.3 Å². The molecule has 0 aliphatic carbocycles. The maximum atomic E-state index is 9.76. The summed E-state index contributed by atoms with van der Waals surface area (Å²) in [5.41, 5.74) is 0. The van der Waals surface area contributed by atoms with Crippen LogP contribution in [0, 0.1) is 0 Å². The summed E-state index contributed by atoms with van der Waals surface area (Å²) < 4.78 is 16.0. The number of hydrogen-bond donors (Lipinski definition) is 1. The molecule has 4 nitrogen and oxygen atoms in total. The van der Waals surface area contributed by atoms with Gasteiger partial charge in [-0.3, -0.25) is 0 Å². The van der Waals surface area contributed by atoms with E-state index in [-0.39, 0.29) is 18.3 Å². The highest BCUT2D eigenvalue weighted by Gasteiger charge is 2.40. The summed E-state index contributed by atoms with van der Waals surface area (Å²) in [5.74, 6) is 0. The molecule has 6 atom stereocenters. The molecule has 0 aromatic carbocycles. The van der Waals surface area contributed by atoms with E-state index in [0.29, 0.717) is 0 Å². The highest BCUT2D eigenvalue weighted by Crippen LogP contribution is 2.23. The Hall–Kier alpha value is -0.0951. The average Bonchev–Trinajstić information content (AvgIpc) is 2.43. The first-order valence-electron chi connectivity index (χ1n) is 5.24. The Kier molecular flexibility index (Phi) is 4.58. The molecule has 1 N–H and O–H groups in total. The molecular weight excluding hydrogens is 195 g/mol. The molecule has 2 radical (unpaired) electrons. The third kappa shape index (κ3) is 2.94. The molecule has 0 aromatic heterocycles. The van der Waals surface area contributed by atoms with Crippen molar-refractivity contribution in [2.24, 2.45) is 0 Å². The van der Waals surface area contributed by atoms with Crippen LogP contribution in [0.5, 0.6) is 0 Å². The van der Waals surface area contributed by atoms with Crippen molar-refractivity contribution in [3.05, 3.63) is 0 Å². The molecule has 1 rings (SSSR count). The summed E-state index contributed by atoms with van der Waals surface area (Å²) in [7, 11) is 7.32. The van der Waals surface area contributed by atoms with Gasteiger partial charge in [-0.2, -0.15) is 0 Å². The third-order valence-electron chi connectivity index (χ3n) is 2.92. The topological polar surface area (TPSA) is 47.9 Å². The van der Waals surface area contributed by atoms with Crippen molar-refractivity contribution in [2.45, 2.75) is 57.3 Å². The standard InChI is InChI=1S/C10H19BO4/c1-5(13-4)6(2)14-9-8(12)7(3)15-10(9)11/h5-10,12H,1-4H3/t5-,6-,7+,8?,9?,10+/m0/s1. The number of rotatable bonds is 4. The number of aliphatic hydroxyl groups is 1. The maximum Gasteiger partial charge on any atom is 0.112 e. The van der Waals surface area contributed by atoms with Gasteiger partial charge in [-0.05, 0) is 20.8 Å². The van der Waals surface area contributed by atoms with Gasteiger partial charge in [0.1, 0.15) is 20.1 Å². The van der Waals surface area contributed by atoms with Crippen LogP contribution >= 0.6 is 0 Å². The summed E-state index contributed by atoms with van der Waals surface area (Å²) in [6, 6.07) is -0.568. The van der Waals surface area contributed by atoms with Crippen LogP contribution in [0.15, 0.2) is 0 Å². The summed E-state index contributed by atoms with van der Waals surface area (Å²) in [5, 5.41) is 9.76.